The molecule has 0 amide bonds. The fraction of sp³-hybridized carbons (Fsp3) is 0.111. The summed E-state index contributed by atoms with van der Waals surface area (Å²) in [6, 6.07) is 12.8. The number of hydrogen-bond acceptors (Lipinski definition) is 6. The van der Waals surface area contributed by atoms with Gasteiger partial charge in [0, 0.05) is 11.1 Å². The van der Waals surface area contributed by atoms with E-state index in [4.69, 9.17) is 0 Å². The second-order valence-corrected chi connectivity index (χ2v) is 5.42. The molecule has 2 unspecified atom stereocenters. The number of carboxylic acids is 2. The fourth-order valence-corrected chi connectivity index (χ4v) is 2.43. The smallest absolute Gasteiger partial charge is 0.348 e. The third kappa shape index (κ3) is 3.45. The molecule has 0 aliphatic carbocycles. The van der Waals surface area contributed by atoms with Crippen LogP contribution in [0.5, 0.6) is 0 Å². The van der Waals surface area contributed by atoms with Gasteiger partial charge in [0.05, 0.1) is 0 Å². The molecule has 27 heavy (non-hydrogen) atoms. The van der Waals surface area contributed by atoms with Gasteiger partial charge in [0.15, 0.2) is 0 Å². The van der Waals surface area contributed by atoms with Crippen LogP contribution in [-0.2, 0) is 9.59 Å². The molecule has 0 radical (unpaired) electrons. The second-order valence-electron chi connectivity index (χ2n) is 5.42. The third-order valence-corrected chi connectivity index (χ3v) is 3.87. The average Bonchev–Trinajstić information content (AvgIpc) is 2.66. The van der Waals surface area contributed by atoms with E-state index in [0.29, 0.717) is 0 Å². The van der Waals surface area contributed by atoms with Crippen LogP contribution in [0.25, 0.3) is 0 Å². The van der Waals surface area contributed by atoms with Crippen LogP contribution in [0.15, 0.2) is 60.7 Å². The normalized spacial score (nSPS) is 14.7. The SMILES string of the molecule is Cl.O=C(O)C(O)(C(=O)c1ccccc1)C(O)(C(=O)O)C(=O)c1ccccc1. The second kappa shape index (κ2) is 8.09. The highest BCUT2D eigenvalue weighted by Crippen LogP contribution is 2.31. The van der Waals surface area contributed by atoms with E-state index < -0.39 is 45.8 Å². The molecule has 0 fully saturated rings. The first-order valence-corrected chi connectivity index (χ1v) is 7.28. The van der Waals surface area contributed by atoms with Gasteiger partial charge < -0.3 is 20.4 Å². The summed E-state index contributed by atoms with van der Waals surface area (Å²) >= 11 is 0. The maximum atomic E-state index is 12.6. The van der Waals surface area contributed by atoms with E-state index in [2.05, 4.69) is 0 Å². The minimum absolute atomic E-state index is 0. The van der Waals surface area contributed by atoms with Crippen molar-refractivity contribution in [1.82, 2.24) is 0 Å². The number of carbonyl (C=O) groups is 4. The van der Waals surface area contributed by atoms with E-state index in [-0.39, 0.29) is 12.4 Å². The van der Waals surface area contributed by atoms with Gasteiger partial charge in [-0.25, -0.2) is 9.59 Å². The molecule has 0 aliphatic heterocycles. The van der Waals surface area contributed by atoms with Gasteiger partial charge in [0.25, 0.3) is 11.2 Å². The van der Waals surface area contributed by atoms with Crippen LogP contribution in [0.4, 0.5) is 0 Å². The van der Waals surface area contributed by atoms with Crippen LogP contribution in [0.2, 0.25) is 0 Å². The van der Waals surface area contributed by atoms with Gasteiger partial charge in [-0.1, -0.05) is 60.7 Å². The van der Waals surface area contributed by atoms with Gasteiger partial charge in [0.2, 0.25) is 11.6 Å². The van der Waals surface area contributed by atoms with Gasteiger partial charge in [-0.3, -0.25) is 9.59 Å². The molecule has 2 rings (SSSR count). The lowest BCUT2D eigenvalue weighted by atomic mass is 9.73. The Bertz CT molecular complexity index is 794. The molecule has 4 N–H and O–H groups in total. The summed E-state index contributed by atoms with van der Waals surface area (Å²) in [5, 5.41) is 39.9. The van der Waals surface area contributed by atoms with Crippen LogP contribution < -0.4 is 0 Å². The Morgan fingerprint density at radius 1 is 0.593 bits per heavy atom. The predicted molar refractivity (Wildman–Crippen MR) is 94.0 cm³/mol. The van der Waals surface area contributed by atoms with E-state index in [1.54, 1.807) is 0 Å². The highest BCUT2D eigenvalue weighted by atomic mass is 35.5. The lowest BCUT2D eigenvalue weighted by Crippen LogP contribution is -2.71. The summed E-state index contributed by atoms with van der Waals surface area (Å²) in [6.07, 6.45) is 0. The van der Waals surface area contributed by atoms with Crippen molar-refractivity contribution in [2.75, 3.05) is 0 Å². The molecule has 0 saturated carbocycles. The molecule has 0 heterocycles. The summed E-state index contributed by atoms with van der Waals surface area (Å²) in [4.78, 5) is 48.5. The minimum Gasteiger partial charge on any atom is -0.479 e. The van der Waals surface area contributed by atoms with Crippen molar-refractivity contribution in [2.45, 2.75) is 11.2 Å². The number of benzene rings is 2. The zero-order valence-electron chi connectivity index (χ0n) is 13.6. The molecule has 142 valence electrons. The monoisotopic (exact) mass is 394 g/mol. The largest absolute Gasteiger partial charge is 0.479 e. The minimum atomic E-state index is -3.95. The number of halogens is 1. The number of aliphatic hydroxyl groups is 2. The van der Waals surface area contributed by atoms with E-state index >= 15 is 0 Å². The van der Waals surface area contributed by atoms with Crippen LogP contribution in [0, 0.1) is 0 Å². The Morgan fingerprint density at radius 3 is 1.07 bits per heavy atom. The summed E-state index contributed by atoms with van der Waals surface area (Å²) in [7, 11) is 0. The Labute approximate surface area is 159 Å². The fourth-order valence-electron chi connectivity index (χ4n) is 2.43. The number of carboxylic acid groups (broad SMARTS) is 2. The van der Waals surface area contributed by atoms with E-state index in [1.807, 2.05) is 0 Å². The Balaban J connectivity index is 0.00000364. The Kier molecular flexibility index (Phi) is 6.58. The van der Waals surface area contributed by atoms with Crippen molar-refractivity contribution in [3.63, 3.8) is 0 Å². The van der Waals surface area contributed by atoms with Gasteiger partial charge in [0.1, 0.15) is 0 Å². The van der Waals surface area contributed by atoms with Crippen LogP contribution in [-0.4, -0.2) is 55.1 Å². The molecule has 0 aromatic heterocycles. The molecule has 0 saturated heterocycles. The lowest BCUT2D eigenvalue weighted by molar-refractivity contribution is -0.187. The highest BCUT2D eigenvalue weighted by molar-refractivity contribution is 6.28. The van der Waals surface area contributed by atoms with E-state index in [1.165, 1.54) is 36.4 Å². The number of Topliss-reactive ketones (excluding diaryl/α,β-unsaturated/α-hetero) is 2. The molecule has 2 aromatic carbocycles. The maximum absolute atomic E-state index is 12.6. The van der Waals surface area contributed by atoms with Gasteiger partial charge >= 0.3 is 11.9 Å². The van der Waals surface area contributed by atoms with Gasteiger partial charge in [-0.05, 0) is 0 Å². The summed E-state index contributed by atoms with van der Waals surface area (Å²) in [5.74, 6) is -8.03. The number of carbonyl (C=O) groups excluding carboxylic acids is 2. The van der Waals surface area contributed by atoms with E-state index in [0.717, 1.165) is 24.3 Å². The number of aliphatic carboxylic acids is 2. The first kappa shape index (κ1) is 22.0. The summed E-state index contributed by atoms with van der Waals surface area (Å²) in [5.41, 5.74) is -8.68. The first-order valence-electron chi connectivity index (χ1n) is 7.28. The zero-order chi connectivity index (χ0) is 19.5. The van der Waals surface area contributed by atoms with Gasteiger partial charge in [-0.15, -0.1) is 12.4 Å². The molecule has 9 heteroatoms. The molecular formula is C18H15ClO8. The predicted octanol–water partition coefficient (Wildman–Crippen LogP) is 0.805. The van der Waals surface area contributed by atoms with Crippen molar-refractivity contribution in [2.24, 2.45) is 0 Å². The van der Waals surface area contributed by atoms with Crippen molar-refractivity contribution in [1.29, 1.82) is 0 Å². The molecule has 0 spiro atoms. The quantitative estimate of drug-likeness (QED) is 0.398. The first-order chi connectivity index (χ1) is 12.2. The summed E-state index contributed by atoms with van der Waals surface area (Å²) < 4.78 is 0. The Morgan fingerprint density at radius 2 is 0.852 bits per heavy atom. The lowest BCUT2D eigenvalue weighted by Gasteiger charge is -2.34. The standard InChI is InChI=1S/C18H14O8.ClH/c19-13(11-7-3-1-4-8-11)17(25,15(21)22)18(26,16(23)24)14(20)12-9-5-2-6-10-12;/h1-10,25-26H,(H,21,22)(H,23,24);1H. The molecule has 0 aliphatic rings. The highest BCUT2D eigenvalue weighted by Gasteiger charge is 2.69. The zero-order valence-corrected chi connectivity index (χ0v) is 14.4. The molecule has 0 bridgehead atoms. The number of hydrogen-bond donors (Lipinski definition) is 4. The van der Waals surface area contributed by atoms with Crippen LogP contribution >= 0.6 is 12.4 Å². The molecule has 8 nitrogen and oxygen atoms in total. The van der Waals surface area contributed by atoms with Crippen LogP contribution in [0.3, 0.4) is 0 Å². The summed E-state index contributed by atoms with van der Waals surface area (Å²) in [6.45, 7) is 0. The van der Waals surface area contributed by atoms with Crippen molar-refractivity contribution >= 4 is 35.9 Å². The molecular weight excluding hydrogens is 380 g/mol. The molecule has 2 atom stereocenters. The maximum Gasteiger partial charge on any atom is 0.348 e. The Hall–Kier alpha value is -3.07. The number of ketones is 2. The molecule has 2 aromatic rings. The van der Waals surface area contributed by atoms with Crippen molar-refractivity contribution < 1.29 is 39.6 Å². The average molecular weight is 395 g/mol. The van der Waals surface area contributed by atoms with E-state index in [9.17, 15) is 39.6 Å². The number of rotatable bonds is 7. The third-order valence-electron chi connectivity index (χ3n) is 3.87. The van der Waals surface area contributed by atoms with Gasteiger partial charge in [-0.2, -0.15) is 0 Å². The van der Waals surface area contributed by atoms with Crippen molar-refractivity contribution in [3.8, 4) is 0 Å². The topological polar surface area (TPSA) is 149 Å². The van der Waals surface area contributed by atoms with Crippen LogP contribution in [0.1, 0.15) is 20.7 Å². The van der Waals surface area contributed by atoms with Crippen molar-refractivity contribution in [3.05, 3.63) is 71.8 Å².